The minimum atomic E-state index is 1.15. The number of fused-ring (bicyclic) bond motifs is 12. The van der Waals surface area contributed by atoms with Crippen molar-refractivity contribution in [2.24, 2.45) is 0 Å². The van der Waals surface area contributed by atoms with Crippen LogP contribution in [-0.2, 0) is 0 Å². The third-order valence-corrected chi connectivity index (χ3v) is 13.9. The first-order valence-electron chi connectivity index (χ1n) is 22.4. The number of nitrogens with zero attached hydrogens (tertiary/aromatic N) is 4. The van der Waals surface area contributed by atoms with Gasteiger partial charge in [-0.25, -0.2) is 0 Å². The van der Waals surface area contributed by atoms with E-state index in [0.717, 1.165) is 11.4 Å². The summed E-state index contributed by atoms with van der Waals surface area (Å²) in [5.74, 6) is 0. The average molecular weight is 823 g/mol. The van der Waals surface area contributed by atoms with E-state index >= 15 is 0 Å². The van der Waals surface area contributed by atoms with Crippen LogP contribution in [0.1, 0.15) is 33.4 Å². The van der Waals surface area contributed by atoms with Gasteiger partial charge in [0.1, 0.15) is 0 Å². The van der Waals surface area contributed by atoms with Crippen LogP contribution in [0.15, 0.2) is 170 Å². The van der Waals surface area contributed by atoms with Crippen molar-refractivity contribution in [3.8, 4) is 0 Å². The van der Waals surface area contributed by atoms with E-state index in [2.05, 4.69) is 230 Å². The first kappa shape index (κ1) is 36.8. The van der Waals surface area contributed by atoms with E-state index in [4.69, 9.17) is 0 Å². The van der Waals surface area contributed by atoms with Gasteiger partial charge >= 0.3 is 0 Å². The molecule has 0 aliphatic rings. The molecule has 64 heavy (non-hydrogen) atoms. The summed E-state index contributed by atoms with van der Waals surface area (Å²) in [7, 11) is 0. The molecule has 13 rings (SSSR count). The third-order valence-electron chi connectivity index (χ3n) is 13.9. The minimum absolute atomic E-state index is 1.15. The molecule has 13 aromatic rings. The quantitative estimate of drug-likeness (QED) is 0.166. The number of aryl methyl sites for hydroxylation is 6. The number of rotatable bonds is 6. The molecule has 4 nitrogen and oxygen atoms in total. The largest absolute Gasteiger partial charge is 0.310 e. The number of anilines is 6. The van der Waals surface area contributed by atoms with Crippen molar-refractivity contribution < 1.29 is 0 Å². The van der Waals surface area contributed by atoms with Gasteiger partial charge in [-0.1, -0.05) is 102 Å². The number of aromatic nitrogens is 2. The summed E-state index contributed by atoms with van der Waals surface area (Å²) in [6.07, 6.45) is 0. The Morgan fingerprint density at radius 1 is 0.297 bits per heavy atom. The zero-order chi connectivity index (χ0) is 43.1. The second-order valence-corrected chi connectivity index (χ2v) is 18.3. The van der Waals surface area contributed by atoms with E-state index in [1.54, 1.807) is 0 Å². The van der Waals surface area contributed by atoms with Gasteiger partial charge in [-0.05, 0) is 143 Å². The summed E-state index contributed by atoms with van der Waals surface area (Å²) in [6, 6.07) is 64.1. The van der Waals surface area contributed by atoms with Gasteiger partial charge in [-0.2, -0.15) is 0 Å². The Morgan fingerprint density at radius 3 is 1.30 bits per heavy atom. The maximum absolute atomic E-state index is 2.55. The topological polar surface area (TPSA) is 15.3 Å². The van der Waals surface area contributed by atoms with Crippen LogP contribution in [0.5, 0.6) is 0 Å². The molecule has 0 spiro atoms. The fourth-order valence-electron chi connectivity index (χ4n) is 11.1. The van der Waals surface area contributed by atoms with Crippen LogP contribution in [0.25, 0.3) is 76.2 Å². The van der Waals surface area contributed by atoms with Crippen molar-refractivity contribution in [3.63, 3.8) is 0 Å². The summed E-state index contributed by atoms with van der Waals surface area (Å²) in [4.78, 5) is 4.95. The molecule has 0 amide bonds. The van der Waals surface area contributed by atoms with E-state index in [1.165, 1.54) is 132 Å². The Morgan fingerprint density at radius 2 is 0.766 bits per heavy atom. The summed E-state index contributed by atoms with van der Waals surface area (Å²) in [5, 5.41) is 10.1. The lowest BCUT2D eigenvalue weighted by molar-refractivity contribution is 1.24. The SMILES string of the molecule is Cc1ccc(N(c2cc(C)cc(C)c2)c2ccc3c4cc5c(cc4n4c6ccccc6c2c34)c2ccc(N(c3ccc(C)cc3)c3cc(C)ccc3C)c3c4ccccc4n5c23)cc1. The van der Waals surface area contributed by atoms with Crippen LogP contribution >= 0.6 is 0 Å². The highest BCUT2D eigenvalue weighted by atomic mass is 15.2. The molecule has 0 saturated carbocycles. The van der Waals surface area contributed by atoms with Crippen molar-refractivity contribution in [2.45, 2.75) is 41.5 Å². The summed E-state index contributed by atoms with van der Waals surface area (Å²) < 4.78 is 5.09. The number of hydrogen-bond acceptors (Lipinski definition) is 2. The zero-order valence-electron chi connectivity index (χ0n) is 37.0. The zero-order valence-corrected chi connectivity index (χ0v) is 37.0. The molecule has 4 aromatic heterocycles. The van der Waals surface area contributed by atoms with Crippen LogP contribution in [0.4, 0.5) is 34.1 Å². The molecule has 0 atom stereocenters. The molecular weight excluding hydrogens is 777 g/mol. The van der Waals surface area contributed by atoms with Crippen LogP contribution in [-0.4, -0.2) is 8.80 Å². The Balaban J connectivity index is 1.12. The lowest BCUT2D eigenvalue weighted by Gasteiger charge is -2.28. The molecule has 0 radical (unpaired) electrons. The maximum atomic E-state index is 2.55. The van der Waals surface area contributed by atoms with E-state index in [9.17, 15) is 0 Å². The second kappa shape index (κ2) is 13.3. The summed E-state index contributed by atoms with van der Waals surface area (Å²) in [6.45, 7) is 13.1. The second-order valence-electron chi connectivity index (χ2n) is 18.3. The fourth-order valence-corrected chi connectivity index (χ4v) is 11.1. The average Bonchev–Trinajstić information content (AvgIpc) is 4.02. The highest BCUT2D eigenvalue weighted by Crippen LogP contribution is 2.51. The first-order valence-corrected chi connectivity index (χ1v) is 22.4. The van der Waals surface area contributed by atoms with Crippen molar-refractivity contribution >= 4 is 110 Å². The third kappa shape index (κ3) is 5.11. The van der Waals surface area contributed by atoms with Gasteiger partial charge < -0.3 is 18.6 Å². The molecule has 0 aliphatic heterocycles. The van der Waals surface area contributed by atoms with Gasteiger partial charge in [-0.15, -0.1) is 0 Å². The molecule has 306 valence electrons. The molecule has 4 heteroatoms. The predicted molar refractivity (Wildman–Crippen MR) is 274 cm³/mol. The number of hydrogen-bond donors (Lipinski definition) is 0. The van der Waals surface area contributed by atoms with Gasteiger partial charge in [0, 0.05) is 65.8 Å². The Bertz CT molecular complexity index is 4000. The normalized spacial score (nSPS) is 12.2. The van der Waals surface area contributed by atoms with E-state index in [1.807, 2.05) is 0 Å². The Hall–Kier alpha value is -7.82. The molecule has 9 aromatic carbocycles. The van der Waals surface area contributed by atoms with E-state index in [-0.39, 0.29) is 0 Å². The first-order chi connectivity index (χ1) is 31.2. The molecule has 0 aliphatic carbocycles. The Kier molecular flexibility index (Phi) is 7.67. The van der Waals surface area contributed by atoms with Gasteiger partial charge in [0.15, 0.2) is 0 Å². The molecular formula is C60H46N4. The lowest BCUT2D eigenvalue weighted by atomic mass is 10.0. The molecule has 4 heterocycles. The highest BCUT2D eigenvalue weighted by molar-refractivity contribution is 6.32. The van der Waals surface area contributed by atoms with Crippen LogP contribution in [0, 0.1) is 41.5 Å². The van der Waals surface area contributed by atoms with Gasteiger partial charge in [0.2, 0.25) is 0 Å². The smallest absolute Gasteiger partial charge is 0.0641 e. The minimum Gasteiger partial charge on any atom is -0.310 e. The van der Waals surface area contributed by atoms with Crippen LogP contribution in [0.3, 0.4) is 0 Å². The van der Waals surface area contributed by atoms with Crippen LogP contribution < -0.4 is 9.80 Å². The lowest BCUT2D eigenvalue weighted by Crippen LogP contribution is -2.12. The number of para-hydroxylation sites is 2. The number of benzene rings is 9. The molecule has 0 N–H and O–H groups in total. The predicted octanol–water partition coefficient (Wildman–Crippen LogP) is 16.8. The van der Waals surface area contributed by atoms with Crippen LogP contribution in [0.2, 0.25) is 0 Å². The van der Waals surface area contributed by atoms with Crippen molar-refractivity contribution in [1.82, 2.24) is 8.80 Å². The van der Waals surface area contributed by atoms with Crippen molar-refractivity contribution in [3.05, 3.63) is 203 Å². The molecule has 0 saturated heterocycles. The van der Waals surface area contributed by atoms with Crippen molar-refractivity contribution in [2.75, 3.05) is 9.80 Å². The maximum Gasteiger partial charge on any atom is 0.0641 e. The Labute approximate surface area is 372 Å². The highest BCUT2D eigenvalue weighted by Gasteiger charge is 2.28. The van der Waals surface area contributed by atoms with E-state index < -0.39 is 0 Å². The molecule has 0 unspecified atom stereocenters. The molecule has 0 bridgehead atoms. The van der Waals surface area contributed by atoms with Gasteiger partial charge in [0.25, 0.3) is 0 Å². The van der Waals surface area contributed by atoms with Crippen molar-refractivity contribution in [1.29, 1.82) is 0 Å². The van der Waals surface area contributed by atoms with Gasteiger partial charge in [-0.3, -0.25) is 0 Å². The molecule has 0 fully saturated rings. The monoisotopic (exact) mass is 822 g/mol. The summed E-state index contributed by atoms with van der Waals surface area (Å²) in [5.41, 5.74) is 21.9. The standard InChI is InChI=1S/C60H46N4/c1-35-16-21-41(22-17-35)61(43-30-38(4)29-39(5)31-43)52-27-25-44-48-33-56-49(34-55(48)63-50-13-9-7-11-46(50)57(52)59(44)63)45-26-28-53(58-47-12-8-10-14-51(47)64(56)60(45)58)62(42-23-18-36(2)19-24-42)54-32-37(3)15-20-40(54)6/h7-34H,1-6H3. The fraction of sp³-hybridized carbons (Fsp3) is 0.100. The van der Waals surface area contributed by atoms with E-state index in [0.29, 0.717) is 0 Å². The van der Waals surface area contributed by atoms with Gasteiger partial charge in [0.05, 0.1) is 44.5 Å². The summed E-state index contributed by atoms with van der Waals surface area (Å²) >= 11 is 0.